The van der Waals surface area contributed by atoms with Crippen molar-refractivity contribution in [2.24, 2.45) is 5.92 Å². The summed E-state index contributed by atoms with van der Waals surface area (Å²) in [6.07, 6.45) is 2.67. The van der Waals surface area contributed by atoms with Crippen LogP contribution < -0.4 is 5.32 Å². The molecule has 0 spiro atoms. The minimum atomic E-state index is 0.271. The molecule has 0 saturated carbocycles. The molecule has 0 aliphatic carbocycles. The van der Waals surface area contributed by atoms with Crippen LogP contribution in [0.3, 0.4) is 0 Å². The standard InChI is InChI=1S/C16H21NS/c1-16(2,12-6-5-9-17-10-12)14-11-18-15-8-4-3-7-13(14)15/h3-4,7-8,11-12,17H,5-6,9-10H2,1-2H3. The zero-order valence-corrected chi connectivity index (χ0v) is 12.0. The molecular weight excluding hydrogens is 238 g/mol. The van der Waals surface area contributed by atoms with Gasteiger partial charge in [0, 0.05) is 4.70 Å². The summed E-state index contributed by atoms with van der Waals surface area (Å²) in [5, 5.41) is 7.39. The SMILES string of the molecule is CC(C)(c1csc2ccccc12)C1CCCNC1. The molecule has 2 aromatic rings. The molecule has 3 rings (SSSR count). The van der Waals surface area contributed by atoms with Gasteiger partial charge < -0.3 is 5.32 Å². The third kappa shape index (κ3) is 1.98. The first kappa shape index (κ1) is 12.2. The Morgan fingerprint density at radius 3 is 2.89 bits per heavy atom. The maximum absolute atomic E-state index is 3.55. The smallest absolute Gasteiger partial charge is 0.0345 e. The first-order valence-electron chi connectivity index (χ1n) is 6.87. The normalized spacial score (nSPS) is 21.3. The highest BCUT2D eigenvalue weighted by molar-refractivity contribution is 7.17. The van der Waals surface area contributed by atoms with Gasteiger partial charge in [0.15, 0.2) is 0 Å². The van der Waals surface area contributed by atoms with E-state index in [1.165, 1.54) is 35.0 Å². The van der Waals surface area contributed by atoms with Gasteiger partial charge in [-0.1, -0.05) is 32.0 Å². The number of rotatable bonds is 2. The highest BCUT2D eigenvalue weighted by atomic mass is 32.1. The van der Waals surface area contributed by atoms with E-state index in [9.17, 15) is 0 Å². The van der Waals surface area contributed by atoms with Crippen molar-refractivity contribution < 1.29 is 0 Å². The first-order valence-corrected chi connectivity index (χ1v) is 7.75. The summed E-state index contributed by atoms with van der Waals surface area (Å²) in [5.74, 6) is 0.754. The van der Waals surface area contributed by atoms with Crippen molar-refractivity contribution >= 4 is 21.4 Å². The van der Waals surface area contributed by atoms with E-state index < -0.39 is 0 Å². The summed E-state index contributed by atoms with van der Waals surface area (Å²) in [6.45, 7) is 7.19. The molecule has 1 aromatic heterocycles. The topological polar surface area (TPSA) is 12.0 Å². The molecule has 0 radical (unpaired) electrons. The van der Waals surface area contributed by atoms with E-state index in [0.717, 1.165) is 12.5 Å². The molecular formula is C16H21NS. The quantitative estimate of drug-likeness (QED) is 0.853. The number of hydrogen-bond donors (Lipinski definition) is 1. The van der Waals surface area contributed by atoms with Crippen LogP contribution in [0.4, 0.5) is 0 Å². The van der Waals surface area contributed by atoms with E-state index in [0.29, 0.717) is 0 Å². The van der Waals surface area contributed by atoms with Gasteiger partial charge in [-0.2, -0.15) is 0 Å². The van der Waals surface area contributed by atoms with E-state index in [-0.39, 0.29) is 5.41 Å². The Kier molecular flexibility index (Phi) is 3.16. The lowest BCUT2D eigenvalue weighted by Gasteiger charge is -2.37. The van der Waals surface area contributed by atoms with Gasteiger partial charge in [-0.3, -0.25) is 0 Å². The molecule has 1 atom stereocenters. The first-order chi connectivity index (χ1) is 8.69. The molecule has 1 saturated heterocycles. The third-order valence-electron chi connectivity index (χ3n) is 4.49. The molecule has 1 N–H and O–H groups in total. The molecule has 0 amide bonds. The van der Waals surface area contributed by atoms with Gasteiger partial charge in [0.1, 0.15) is 0 Å². The number of thiophene rings is 1. The summed E-state index contributed by atoms with van der Waals surface area (Å²) in [6, 6.07) is 8.81. The summed E-state index contributed by atoms with van der Waals surface area (Å²) >= 11 is 1.88. The van der Waals surface area contributed by atoms with Crippen molar-refractivity contribution in [3.63, 3.8) is 0 Å². The molecule has 1 aliphatic heterocycles. The molecule has 1 aliphatic rings. The van der Waals surface area contributed by atoms with E-state index in [2.05, 4.69) is 48.8 Å². The van der Waals surface area contributed by atoms with Crippen LogP contribution in [0, 0.1) is 5.92 Å². The Hall–Kier alpha value is -0.860. The molecule has 96 valence electrons. The monoisotopic (exact) mass is 259 g/mol. The van der Waals surface area contributed by atoms with Crippen molar-refractivity contribution in [1.29, 1.82) is 0 Å². The molecule has 2 heteroatoms. The average Bonchev–Trinajstić information content (AvgIpc) is 2.84. The highest BCUT2D eigenvalue weighted by Gasteiger charge is 2.33. The maximum Gasteiger partial charge on any atom is 0.0345 e. The van der Waals surface area contributed by atoms with Crippen LogP contribution in [-0.4, -0.2) is 13.1 Å². The lowest BCUT2D eigenvalue weighted by Crippen LogP contribution is -2.40. The molecule has 1 nitrogen and oxygen atoms in total. The minimum absolute atomic E-state index is 0.271. The average molecular weight is 259 g/mol. The zero-order valence-electron chi connectivity index (χ0n) is 11.2. The summed E-state index contributed by atoms with van der Waals surface area (Å²) in [5.41, 5.74) is 1.81. The van der Waals surface area contributed by atoms with Crippen molar-refractivity contribution in [2.45, 2.75) is 32.1 Å². The maximum atomic E-state index is 3.55. The van der Waals surface area contributed by atoms with Gasteiger partial charge >= 0.3 is 0 Å². The van der Waals surface area contributed by atoms with Crippen molar-refractivity contribution in [3.8, 4) is 0 Å². The second kappa shape index (κ2) is 4.67. The number of piperidine rings is 1. The van der Waals surface area contributed by atoms with Gasteiger partial charge in [0.25, 0.3) is 0 Å². The lowest BCUT2D eigenvalue weighted by molar-refractivity contribution is 0.254. The van der Waals surface area contributed by atoms with Gasteiger partial charge in [-0.05, 0) is 59.7 Å². The van der Waals surface area contributed by atoms with E-state index in [4.69, 9.17) is 0 Å². The highest BCUT2D eigenvalue weighted by Crippen LogP contribution is 2.41. The molecule has 2 heterocycles. The van der Waals surface area contributed by atoms with Crippen LogP contribution in [0.15, 0.2) is 29.6 Å². The lowest BCUT2D eigenvalue weighted by atomic mass is 9.70. The second-order valence-electron chi connectivity index (χ2n) is 5.91. The number of benzene rings is 1. The van der Waals surface area contributed by atoms with Crippen LogP contribution in [0.2, 0.25) is 0 Å². The van der Waals surface area contributed by atoms with Crippen LogP contribution >= 0.6 is 11.3 Å². The van der Waals surface area contributed by atoms with Crippen molar-refractivity contribution in [3.05, 3.63) is 35.2 Å². The number of fused-ring (bicyclic) bond motifs is 1. The van der Waals surface area contributed by atoms with E-state index in [1.807, 2.05) is 11.3 Å². The summed E-state index contributed by atoms with van der Waals surface area (Å²) < 4.78 is 1.42. The predicted molar refractivity (Wildman–Crippen MR) is 80.4 cm³/mol. The largest absolute Gasteiger partial charge is 0.316 e. The fourth-order valence-electron chi connectivity index (χ4n) is 3.16. The molecule has 1 unspecified atom stereocenters. The molecule has 18 heavy (non-hydrogen) atoms. The van der Waals surface area contributed by atoms with Gasteiger partial charge in [-0.15, -0.1) is 11.3 Å². The van der Waals surface area contributed by atoms with E-state index in [1.54, 1.807) is 0 Å². The Bertz CT molecular complexity index is 535. The van der Waals surface area contributed by atoms with Gasteiger partial charge in [0.05, 0.1) is 0 Å². The van der Waals surface area contributed by atoms with Crippen LogP contribution in [0.1, 0.15) is 32.3 Å². The Morgan fingerprint density at radius 2 is 2.11 bits per heavy atom. The fourth-order valence-corrected chi connectivity index (χ4v) is 4.30. The Labute approximate surface area is 113 Å². The Morgan fingerprint density at radius 1 is 1.28 bits per heavy atom. The predicted octanol–water partition coefficient (Wildman–Crippen LogP) is 4.18. The molecule has 1 fully saturated rings. The third-order valence-corrected chi connectivity index (χ3v) is 5.46. The van der Waals surface area contributed by atoms with Gasteiger partial charge in [0.2, 0.25) is 0 Å². The minimum Gasteiger partial charge on any atom is -0.316 e. The van der Waals surface area contributed by atoms with Crippen LogP contribution in [0.5, 0.6) is 0 Å². The molecule has 0 bridgehead atoms. The summed E-state index contributed by atoms with van der Waals surface area (Å²) in [7, 11) is 0. The van der Waals surface area contributed by atoms with E-state index >= 15 is 0 Å². The van der Waals surface area contributed by atoms with Crippen LogP contribution in [-0.2, 0) is 5.41 Å². The van der Waals surface area contributed by atoms with Crippen LogP contribution in [0.25, 0.3) is 10.1 Å². The van der Waals surface area contributed by atoms with Gasteiger partial charge in [-0.25, -0.2) is 0 Å². The molecule has 1 aromatic carbocycles. The number of hydrogen-bond acceptors (Lipinski definition) is 2. The number of nitrogens with one attached hydrogen (secondary N) is 1. The van der Waals surface area contributed by atoms with Crippen molar-refractivity contribution in [2.75, 3.05) is 13.1 Å². The Balaban J connectivity index is 2.01. The fraction of sp³-hybridized carbons (Fsp3) is 0.500. The second-order valence-corrected chi connectivity index (χ2v) is 6.82. The zero-order chi connectivity index (χ0) is 12.6. The van der Waals surface area contributed by atoms with Crippen molar-refractivity contribution in [1.82, 2.24) is 5.32 Å². The summed E-state index contributed by atoms with van der Waals surface area (Å²) in [4.78, 5) is 0.